The lowest BCUT2D eigenvalue weighted by Crippen LogP contribution is -2.37. The van der Waals surface area contributed by atoms with Gasteiger partial charge < -0.3 is 0 Å². The third-order valence-corrected chi connectivity index (χ3v) is 13.7. The Balaban J connectivity index is 2.28. The molecule has 2 aliphatic carbocycles. The standard InChI is InChI=1S/C42H75N/c1-13-18-36-27-37(31(6)16-4)29-39(36)42(11,12)33(8)20-21-34(26-30(5)15-3)35-22-23-38(32(7)19-17-25-43)40(28-35)41(9,10)24-14-2/h13,22,30-34,36-40H,1,14-21,23-24,26-29H2,2-12H3. The highest BCUT2D eigenvalue weighted by atomic mass is 14.5. The van der Waals surface area contributed by atoms with Crippen molar-refractivity contribution in [1.82, 2.24) is 0 Å². The summed E-state index contributed by atoms with van der Waals surface area (Å²) in [5.41, 5.74) is 2.51. The van der Waals surface area contributed by atoms with Crippen LogP contribution in [0.25, 0.3) is 0 Å². The van der Waals surface area contributed by atoms with Crippen LogP contribution in [-0.4, -0.2) is 0 Å². The average Bonchev–Trinajstić information content (AvgIpc) is 3.41. The fraction of sp³-hybridized carbons (Fsp3) is 0.881. The van der Waals surface area contributed by atoms with Crippen molar-refractivity contribution in [3.8, 4) is 6.07 Å². The van der Waals surface area contributed by atoms with Gasteiger partial charge in [-0.15, -0.1) is 6.58 Å². The molecule has 0 aromatic heterocycles. The fourth-order valence-corrected chi connectivity index (χ4v) is 9.74. The molecular weight excluding hydrogens is 518 g/mol. The first-order chi connectivity index (χ1) is 20.3. The van der Waals surface area contributed by atoms with Gasteiger partial charge in [-0.2, -0.15) is 5.26 Å². The molecule has 0 spiro atoms. The van der Waals surface area contributed by atoms with Gasteiger partial charge in [-0.1, -0.05) is 113 Å². The Morgan fingerprint density at radius 2 is 1.65 bits per heavy atom. The summed E-state index contributed by atoms with van der Waals surface area (Å²) >= 11 is 0. The van der Waals surface area contributed by atoms with Crippen molar-refractivity contribution in [3.63, 3.8) is 0 Å². The summed E-state index contributed by atoms with van der Waals surface area (Å²) in [5.74, 6) is 7.67. The van der Waals surface area contributed by atoms with E-state index in [1.165, 1.54) is 77.0 Å². The van der Waals surface area contributed by atoms with Crippen LogP contribution in [0.1, 0.15) is 166 Å². The molecule has 0 N–H and O–H groups in total. The van der Waals surface area contributed by atoms with Crippen LogP contribution in [-0.2, 0) is 0 Å². The minimum Gasteiger partial charge on any atom is -0.198 e. The molecule has 248 valence electrons. The Kier molecular flexibility index (Phi) is 15.6. The van der Waals surface area contributed by atoms with Crippen LogP contribution in [0.5, 0.6) is 0 Å². The van der Waals surface area contributed by atoms with Crippen LogP contribution in [0.15, 0.2) is 24.3 Å². The van der Waals surface area contributed by atoms with Crippen LogP contribution < -0.4 is 0 Å². The summed E-state index contributed by atoms with van der Waals surface area (Å²) in [6, 6.07) is 2.43. The molecule has 0 aliphatic heterocycles. The minimum atomic E-state index is 0.352. The van der Waals surface area contributed by atoms with Crippen molar-refractivity contribution >= 4 is 0 Å². The van der Waals surface area contributed by atoms with E-state index in [-0.39, 0.29) is 0 Å². The summed E-state index contributed by atoms with van der Waals surface area (Å²) in [6.45, 7) is 31.7. The number of hydrogen-bond donors (Lipinski definition) is 0. The largest absolute Gasteiger partial charge is 0.198 e. The molecule has 1 nitrogen and oxygen atoms in total. The lowest BCUT2D eigenvalue weighted by Gasteiger charge is -2.46. The van der Waals surface area contributed by atoms with Crippen molar-refractivity contribution in [1.29, 1.82) is 5.26 Å². The van der Waals surface area contributed by atoms with Gasteiger partial charge in [0.25, 0.3) is 0 Å². The van der Waals surface area contributed by atoms with E-state index in [2.05, 4.69) is 101 Å². The second kappa shape index (κ2) is 17.6. The van der Waals surface area contributed by atoms with Crippen LogP contribution in [0.2, 0.25) is 0 Å². The van der Waals surface area contributed by atoms with Crippen molar-refractivity contribution in [2.24, 2.45) is 70.0 Å². The lowest BCUT2D eigenvalue weighted by molar-refractivity contribution is 0.0730. The molecule has 0 saturated heterocycles. The van der Waals surface area contributed by atoms with Gasteiger partial charge in [0.15, 0.2) is 0 Å². The van der Waals surface area contributed by atoms with E-state index >= 15 is 0 Å². The monoisotopic (exact) mass is 594 g/mol. The Labute approximate surface area is 271 Å². The first kappa shape index (κ1) is 38.2. The van der Waals surface area contributed by atoms with Crippen LogP contribution >= 0.6 is 0 Å². The van der Waals surface area contributed by atoms with Crippen molar-refractivity contribution in [3.05, 3.63) is 24.3 Å². The van der Waals surface area contributed by atoms with Gasteiger partial charge in [0.1, 0.15) is 0 Å². The molecule has 0 aromatic rings. The van der Waals surface area contributed by atoms with Crippen molar-refractivity contribution in [2.75, 3.05) is 0 Å². The number of nitrogens with zero attached hydrogens (tertiary/aromatic N) is 1. The van der Waals surface area contributed by atoms with E-state index in [1.807, 2.05) is 0 Å². The number of allylic oxidation sites excluding steroid dienone is 3. The maximum atomic E-state index is 9.30. The summed E-state index contributed by atoms with van der Waals surface area (Å²) in [7, 11) is 0. The van der Waals surface area contributed by atoms with E-state index in [0.29, 0.717) is 29.1 Å². The summed E-state index contributed by atoms with van der Waals surface area (Å²) in [6.07, 6.45) is 22.4. The second-order valence-electron chi connectivity index (χ2n) is 17.2. The van der Waals surface area contributed by atoms with Gasteiger partial charge in [-0.3, -0.25) is 0 Å². The van der Waals surface area contributed by atoms with Gasteiger partial charge in [0.2, 0.25) is 0 Å². The zero-order chi connectivity index (χ0) is 32.4. The maximum absolute atomic E-state index is 9.30. The summed E-state index contributed by atoms with van der Waals surface area (Å²) in [4.78, 5) is 0. The third-order valence-electron chi connectivity index (χ3n) is 13.7. The van der Waals surface area contributed by atoms with Crippen LogP contribution in [0.4, 0.5) is 0 Å². The molecule has 43 heavy (non-hydrogen) atoms. The molecule has 10 atom stereocenters. The summed E-state index contributed by atoms with van der Waals surface area (Å²) < 4.78 is 0. The number of hydrogen-bond acceptors (Lipinski definition) is 1. The van der Waals surface area contributed by atoms with E-state index in [9.17, 15) is 5.26 Å². The zero-order valence-corrected chi connectivity index (χ0v) is 31.0. The Bertz CT molecular complexity index is 885. The highest BCUT2D eigenvalue weighted by molar-refractivity contribution is 5.15. The summed E-state index contributed by atoms with van der Waals surface area (Å²) in [5, 5.41) is 9.30. The van der Waals surface area contributed by atoms with Crippen LogP contribution in [0, 0.1) is 81.3 Å². The third kappa shape index (κ3) is 10.2. The molecule has 0 heterocycles. The predicted molar refractivity (Wildman–Crippen MR) is 191 cm³/mol. The molecular formula is C42H75N. The first-order valence-electron chi connectivity index (χ1n) is 18.9. The molecule has 0 amide bonds. The first-order valence-corrected chi connectivity index (χ1v) is 18.9. The van der Waals surface area contributed by atoms with Gasteiger partial charge in [-0.25, -0.2) is 0 Å². The predicted octanol–water partition coefficient (Wildman–Crippen LogP) is 13.5. The highest BCUT2D eigenvalue weighted by Gasteiger charge is 2.46. The SMILES string of the molecule is C=CCC1CC(C(C)CC)CC1C(C)(C)C(C)CCC(CC(C)CC)C1=CCC(C(C)CCC#N)C(C(C)(C)CCC)C1. The number of rotatable bonds is 19. The zero-order valence-electron chi connectivity index (χ0n) is 31.0. The van der Waals surface area contributed by atoms with Crippen molar-refractivity contribution < 1.29 is 0 Å². The fourth-order valence-electron chi connectivity index (χ4n) is 9.74. The highest BCUT2D eigenvalue weighted by Crippen LogP contribution is 2.55. The molecule has 1 saturated carbocycles. The van der Waals surface area contributed by atoms with Gasteiger partial charge in [-0.05, 0) is 134 Å². The molecule has 10 unspecified atom stereocenters. The van der Waals surface area contributed by atoms with E-state index in [1.54, 1.807) is 5.57 Å². The van der Waals surface area contributed by atoms with E-state index in [4.69, 9.17) is 0 Å². The molecule has 1 heteroatoms. The quantitative estimate of drug-likeness (QED) is 0.137. The Morgan fingerprint density at radius 3 is 2.23 bits per heavy atom. The maximum Gasteiger partial charge on any atom is 0.0621 e. The van der Waals surface area contributed by atoms with Crippen molar-refractivity contribution in [2.45, 2.75) is 166 Å². The molecule has 2 aliphatic rings. The molecule has 1 fully saturated rings. The van der Waals surface area contributed by atoms with E-state index in [0.717, 1.165) is 53.8 Å². The normalized spacial score (nSPS) is 28.4. The smallest absolute Gasteiger partial charge is 0.0621 e. The van der Waals surface area contributed by atoms with Gasteiger partial charge in [0, 0.05) is 6.42 Å². The Hall–Kier alpha value is -1.03. The number of nitriles is 1. The Morgan fingerprint density at radius 1 is 0.953 bits per heavy atom. The van der Waals surface area contributed by atoms with E-state index < -0.39 is 0 Å². The molecule has 0 bridgehead atoms. The average molecular weight is 594 g/mol. The van der Waals surface area contributed by atoms with Gasteiger partial charge >= 0.3 is 0 Å². The molecule has 0 radical (unpaired) electrons. The lowest BCUT2D eigenvalue weighted by atomic mass is 9.59. The molecule has 0 aromatic carbocycles. The van der Waals surface area contributed by atoms with Crippen LogP contribution in [0.3, 0.4) is 0 Å². The second-order valence-corrected chi connectivity index (χ2v) is 17.2. The molecule has 2 rings (SSSR count). The topological polar surface area (TPSA) is 23.8 Å². The van der Waals surface area contributed by atoms with Gasteiger partial charge in [0.05, 0.1) is 6.07 Å². The minimum absolute atomic E-state index is 0.352.